The zero-order valence-electron chi connectivity index (χ0n) is 11.2. The van der Waals surface area contributed by atoms with Crippen LogP contribution >= 0.6 is 0 Å². The standard InChI is InChI=1S/C10H21NO5S2/c1-9(2,10(3,4)18(14,15)16)17(12,13)11-7-5-6-8-11/h5-8H2,1-4H3,(H,14,15,16). The molecule has 0 aliphatic carbocycles. The van der Waals surface area contributed by atoms with Crippen LogP contribution < -0.4 is 0 Å². The summed E-state index contributed by atoms with van der Waals surface area (Å²) in [7, 11) is -8.26. The molecule has 108 valence electrons. The van der Waals surface area contributed by atoms with Gasteiger partial charge in [0.2, 0.25) is 10.0 Å². The molecule has 1 N–H and O–H groups in total. The van der Waals surface area contributed by atoms with E-state index in [0.29, 0.717) is 13.1 Å². The molecule has 0 aromatic rings. The lowest BCUT2D eigenvalue weighted by Gasteiger charge is -2.40. The smallest absolute Gasteiger partial charge is 0.271 e. The van der Waals surface area contributed by atoms with Crippen LogP contribution in [0.3, 0.4) is 0 Å². The van der Waals surface area contributed by atoms with Gasteiger partial charge in [0.1, 0.15) is 9.49 Å². The van der Waals surface area contributed by atoms with Crippen molar-refractivity contribution in [3.8, 4) is 0 Å². The maximum atomic E-state index is 12.5. The van der Waals surface area contributed by atoms with Gasteiger partial charge in [0, 0.05) is 13.1 Å². The van der Waals surface area contributed by atoms with E-state index in [0.717, 1.165) is 12.8 Å². The van der Waals surface area contributed by atoms with Crippen molar-refractivity contribution in [3.05, 3.63) is 0 Å². The maximum absolute atomic E-state index is 12.5. The van der Waals surface area contributed by atoms with Gasteiger partial charge < -0.3 is 0 Å². The molecule has 0 bridgehead atoms. The molecule has 0 amide bonds. The van der Waals surface area contributed by atoms with Crippen LogP contribution in [-0.4, -0.2) is 48.3 Å². The Kier molecular flexibility index (Phi) is 3.91. The lowest BCUT2D eigenvalue weighted by Crippen LogP contribution is -2.59. The van der Waals surface area contributed by atoms with Gasteiger partial charge in [-0.3, -0.25) is 4.55 Å². The Labute approximate surface area is 109 Å². The van der Waals surface area contributed by atoms with Crippen LogP contribution in [0.15, 0.2) is 0 Å². The Bertz CT molecular complexity index is 512. The van der Waals surface area contributed by atoms with Gasteiger partial charge in [-0.05, 0) is 40.5 Å². The topological polar surface area (TPSA) is 91.8 Å². The van der Waals surface area contributed by atoms with Crippen LogP contribution in [0.2, 0.25) is 0 Å². The van der Waals surface area contributed by atoms with Crippen LogP contribution in [-0.2, 0) is 20.1 Å². The van der Waals surface area contributed by atoms with E-state index in [1.807, 2.05) is 0 Å². The van der Waals surface area contributed by atoms with Crippen molar-refractivity contribution < 1.29 is 21.4 Å². The summed E-state index contributed by atoms with van der Waals surface area (Å²) in [5, 5.41) is 0. The van der Waals surface area contributed by atoms with Crippen LogP contribution in [0.1, 0.15) is 40.5 Å². The van der Waals surface area contributed by atoms with Crippen LogP contribution in [0, 0.1) is 0 Å². The van der Waals surface area contributed by atoms with Gasteiger partial charge in [0.15, 0.2) is 0 Å². The summed E-state index contributed by atoms with van der Waals surface area (Å²) in [4.78, 5) is 0. The van der Waals surface area contributed by atoms with E-state index in [1.165, 1.54) is 32.0 Å². The molecule has 8 heteroatoms. The predicted octanol–water partition coefficient (Wildman–Crippen LogP) is 0.857. The molecule has 0 aromatic heterocycles. The Morgan fingerprint density at radius 3 is 1.61 bits per heavy atom. The molecule has 0 saturated carbocycles. The van der Waals surface area contributed by atoms with Crippen molar-refractivity contribution in [1.82, 2.24) is 4.31 Å². The Balaban J connectivity index is 3.29. The molecule has 1 heterocycles. The lowest BCUT2D eigenvalue weighted by atomic mass is 9.98. The number of hydrogen-bond donors (Lipinski definition) is 1. The minimum absolute atomic E-state index is 0.410. The van der Waals surface area contributed by atoms with Crippen molar-refractivity contribution in [1.29, 1.82) is 0 Å². The van der Waals surface area contributed by atoms with E-state index in [1.54, 1.807) is 0 Å². The van der Waals surface area contributed by atoms with Crippen LogP contribution in [0.4, 0.5) is 0 Å². The van der Waals surface area contributed by atoms with E-state index in [4.69, 9.17) is 0 Å². The van der Waals surface area contributed by atoms with E-state index in [-0.39, 0.29) is 0 Å². The Hall–Kier alpha value is -0.180. The first kappa shape index (κ1) is 15.9. The fourth-order valence-electron chi connectivity index (χ4n) is 1.87. The monoisotopic (exact) mass is 299 g/mol. The van der Waals surface area contributed by atoms with Gasteiger partial charge in [-0.15, -0.1) is 0 Å². The molecule has 0 unspecified atom stereocenters. The molecular formula is C10H21NO5S2. The van der Waals surface area contributed by atoms with Gasteiger partial charge in [0.05, 0.1) is 0 Å². The second-order valence-corrected chi connectivity index (χ2v) is 10.1. The van der Waals surface area contributed by atoms with Gasteiger partial charge in [0.25, 0.3) is 10.1 Å². The second kappa shape index (κ2) is 4.43. The van der Waals surface area contributed by atoms with E-state index in [9.17, 15) is 21.4 Å². The molecule has 18 heavy (non-hydrogen) atoms. The molecule has 0 aromatic carbocycles. The average Bonchev–Trinajstić information content (AvgIpc) is 2.68. The quantitative estimate of drug-likeness (QED) is 0.777. The van der Waals surface area contributed by atoms with Crippen molar-refractivity contribution in [2.45, 2.75) is 50.0 Å². The lowest BCUT2D eigenvalue weighted by molar-refractivity contribution is 0.374. The SMILES string of the molecule is CC(C)(C(C)(C)S(=O)(=O)N1CCCC1)S(=O)(=O)O. The highest BCUT2D eigenvalue weighted by Crippen LogP contribution is 2.38. The first-order chi connectivity index (χ1) is 7.86. The zero-order chi connectivity index (χ0) is 14.4. The summed E-state index contributed by atoms with van der Waals surface area (Å²) in [6, 6.07) is 0. The van der Waals surface area contributed by atoms with Gasteiger partial charge in [-0.1, -0.05) is 0 Å². The molecule has 1 aliphatic rings. The largest absolute Gasteiger partial charge is 0.285 e. The maximum Gasteiger partial charge on any atom is 0.271 e. The second-order valence-electron chi connectivity index (χ2n) is 5.61. The summed E-state index contributed by atoms with van der Waals surface area (Å²) in [6.07, 6.45) is 1.56. The number of rotatable bonds is 4. The minimum Gasteiger partial charge on any atom is -0.285 e. The third kappa shape index (κ3) is 2.19. The van der Waals surface area contributed by atoms with Crippen molar-refractivity contribution in [2.24, 2.45) is 0 Å². The summed E-state index contributed by atoms with van der Waals surface area (Å²) in [5.74, 6) is 0. The minimum atomic E-state index is -4.48. The summed E-state index contributed by atoms with van der Waals surface area (Å²) < 4.78 is 55.1. The van der Waals surface area contributed by atoms with Crippen molar-refractivity contribution in [3.63, 3.8) is 0 Å². The molecule has 0 radical (unpaired) electrons. The molecule has 1 fully saturated rings. The highest BCUT2D eigenvalue weighted by molar-refractivity contribution is 7.93. The third-order valence-corrected chi connectivity index (χ3v) is 8.92. The molecule has 0 atom stereocenters. The van der Waals surface area contributed by atoms with Crippen molar-refractivity contribution >= 4 is 20.1 Å². The molecule has 0 spiro atoms. The van der Waals surface area contributed by atoms with E-state index in [2.05, 4.69) is 0 Å². The first-order valence-corrected chi connectivity index (χ1v) is 8.70. The zero-order valence-corrected chi connectivity index (χ0v) is 12.8. The van der Waals surface area contributed by atoms with Crippen LogP contribution in [0.5, 0.6) is 0 Å². The normalized spacial score (nSPS) is 20.3. The molecular weight excluding hydrogens is 278 g/mol. The third-order valence-electron chi connectivity index (χ3n) is 4.14. The van der Waals surface area contributed by atoms with E-state index < -0.39 is 29.6 Å². The first-order valence-electron chi connectivity index (χ1n) is 5.82. The number of sulfonamides is 1. The summed E-state index contributed by atoms with van der Waals surface area (Å²) in [5.41, 5.74) is 0. The van der Waals surface area contributed by atoms with Gasteiger partial charge in [-0.25, -0.2) is 12.7 Å². The number of hydrogen-bond acceptors (Lipinski definition) is 4. The molecule has 6 nitrogen and oxygen atoms in total. The Morgan fingerprint density at radius 2 is 1.28 bits per heavy atom. The summed E-state index contributed by atoms with van der Waals surface area (Å²) >= 11 is 0. The van der Waals surface area contributed by atoms with Crippen molar-refractivity contribution in [2.75, 3.05) is 13.1 Å². The van der Waals surface area contributed by atoms with E-state index >= 15 is 0 Å². The molecule has 1 rings (SSSR count). The fraction of sp³-hybridized carbons (Fsp3) is 1.00. The highest BCUT2D eigenvalue weighted by atomic mass is 32.2. The van der Waals surface area contributed by atoms with Gasteiger partial charge in [-0.2, -0.15) is 8.42 Å². The average molecular weight is 299 g/mol. The molecule has 1 saturated heterocycles. The van der Waals surface area contributed by atoms with Gasteiger partial charge >= 0.3 is 0 Å². The predicted molar refractivity (Wildman–Crippen MR) is 69.4 cm³/mol. The number of nitrogens with zero attached hydrogens (tertiary/aromatic N) is 1. The fourth-order valence-corrected chi connectivity index (χ4v) is 5.13. The van der Waals surface area contributed by atoms with Crippen LogP contribution in [0.25, 0.3) is 0 Å². The highest BCUT2D eigenvalue weighted by Gasteiger charge is 2.56. The summed E-state index contributed by atoms with van der Waals surface area (Å²) in [6.45, 7) is 5.97. The Morgan fingerprint density at radius 1 is 0.889 bits per heavy atom. The molecule has 1 aliphatic heterocycles.